The number of amides is 1. The first-order chi connectivity index (χ1) is 8.34. The van der Waals surface area contributed by atoms with Gasteiger partial charge in [0.2, 0.25) is 15.9 Å². The Bertz CT molecular complexity index is 377. The Kier molecular flexibility index (Phi) is 5.90. The molecule has 1 saturated heterocycles. The third-order valence-electron chi connectivity index (χ3n) is 2.81. The molecule has 1 fully saturated rings. The van der Waals surface area contributed by atoms with E-state index in [9.17, 15) is 13.2 Å². The first-order valence-electron chi connectivity index (χ1n) is 5.80. The standard InChI is InChI=1S/C10H20N2O4S2/c1-9(7-13)17-8-10(14)11-3-5-12(6-4-11)18(2,15)16/h9,13H,3-8H2,1-2H3. The molecular formula is C10H20N2O4S2. The van der Waals surface area contributed by atoms with Gasteiger partial charge in [-0.1, -0.05) is 6.92 Å². The SMILES string of the molecule is CC(CO)SCC(=O)N1CCN(S(C)(=O)=O)CC1. The maximum atomic E-state index is 11.8. The van der Waals surface area contributed by atoms with Gasteiger partial charge in [0.1, 0.15) is 0 Å². The molecule has 1 rings (SSSR count). The van der Waals surface area contributed by atoms with Crippen molar-refractivity contribution in [3.05, 3.63) is 0 Å². The van der Waals surface area contributed by atoms with E-state index < -0.39 is 10.0 Å². The summed E-state index contributed by atoms with van der Waals surface area (Å²) in [6.07, 6.45) is 1.18. The van der Waals surface area contributed by atoms with Crippen LogP contribution in [-0.4, -0.2) is 78.7 Å². The summed E-state index contributed by atoms with van der Waals surface area (Å²) in [5, 5.41) is 8.91. The monoisotopic (exact) mass is 296 g/mol. The Balaban J connectivity index is 2.36. The van der Waals surface area contributed by atoms with Gasteiger partial charge in [-0.05, 0) is 0 Å². The fraction of sp³-hybridized carbons (Fsp3) is 0.900. The van der Waals surface area contributed by atoms with Crippen molar-refractivity contribution in [3.8, 4) is 0 Å². The normalized spacial score (nSPS) is 19.8. The molecule has 18 heavy (non-hydrogen) atoms. The molecule has 0 bridgehead atoms. The quantitative estimate of drug-likeness (QED) is 0.719. The molecule has 6 nitrogen and oxygen atoms in total. The minimum absolute atomic E-state index is 0.00783. The van der Waals surface area contributed by atoms with Crippen LogP contribution in [0, 0.1) is 0 Å². The zero-order chi connectivity index (χ0) is 13.8. The summed E-state index contributed by atoms with van der Waals surface area (Å²) >= 11 is 1.41. The van der Waals surface area contributed by atoms with Crippen molar-refractivity contribution in [1.29, 1.82) is 0 Å². The van der Waals surface area contributed by atoms with E-state index in [4.69, 9.17) is 5.11 Å². The molecule has 1 aliphatic heterocycles. The third-order valence-corrected chi connectivity index (χ3v) is 5.24. The number of rotatable bonds is 5. The van der Waals surface area contributed by atoms with Gasteiger partial charge in [-0.3, -0.25) is 4.79 Å². The molecule has 1 heterocycles. The van der Waals surface area contributed by atoms with E-state index in [0.29, 0.717) is 31.9 Å². The summed E-state index contributed by atoms with van der Waals surface area (Å²) in [4.78, 5) is 13.5. The van der Waals surface area contributed by atoms with Crippen molar-refractivity contribution < 1.29 is 18.3 Å². The van der Waals surface area contributed by atoms with E-state index in [0.717, 1.165) is 0 Å². The fourth-order valence-corrected chi connectivity index (χ4v) is 3.17. The van der Waals surface area contributed by atoms with Gasteiger partial charge in [0.15, 0.2) is 0 Å². The minimum atomic E-state index is -3.15. The summed E-state index contributed by atoms with van der Waals surface area (Å²) in [6.45, 7) is 3.54. The number of thioether (sulfide) groups is 1. The van der Waals surface area contributed by atoms with Crippen LogP contribution in [0.3, 0.4) is 0 Å². The van der Waals surface area contributed by atoms with Gasteiger partial charge in [0.05, 0.1) is 18.6 Å². The number of carbonyl (C=O) groups is 1. The molecule has 0 saturated carbocycles. The minimum Gasteiger partial charge on any atom is -0.395 e. The van der Waals surface area contributed by atoms with Crippen molar-refractivity contribution >= 4 is 27.7 Å². The average molecular weight is 296 g/mol. The van der Waals surface area contributed by atoms with Gasteiger partial charge < -0.3 is 10.0 Å². The van der Waals surface area contributed by atoms with Crippen LogP contribution < -0.4 is 0 Å². The van der Waals surface area contributed by atoms with Crippen LogP contribution in [0.15, 0.2) is 0 Å². The summed E-state index contributed by atoms with van der Waals surface area (Å²) in [5.74, 6) is 0.342. The van der Waals surface area contributed by atoms with Crippen molar-refractivity contribution in [2.75, 3.05) is 44.8 Å². The lowest BCUT2D eigenvalue weighted by Gasteiger charge is -2.33. The Morgan fingerprint density at radius 3 is 2.33 bits per heavy atom. The van der Waals surface area contributed by atoms with E-state index in [1.807, 2.05) is 6.92 Å². The molecule has 106 valence electrons. The van der Waals surface area contributed by atoms with Crippen molar-refractivity contribution in [2.24, 2.45) is 0 Å². The molecule has 1 atom stereocenters. The molecule has 1 aliphatic rings. The Morgan fingerprint density at radius 1 is 1.33 bits per heavy atom. The number of sulfonamides is 1. The van der Waals surface area contributed by atoms with Crippen molar-refractivity contribution in [2.45, 2.75) is 12.2 Å². The predicted octanol–water partition coefficient (Wildman–Crippen LogP) is -0.796. The smallest absolute Gasteiger partial charge is 0.232 e. The molecule has 1 unspecified atom stereocenters. The van der Waals surface area contributed by atoms with Crippen LogP contribution >= 0.6 is 11.8 Å². The number of aliphatic hydroxyl groups excluding tert-OH is 1. The molecule has 0 aliphatic carbocycles. The summed E-state index contributed by atoms with van der Waals surface area (Å²) in [5.41, 5.74) is 0. The lowest BCUT2D eigenvalue weighted by Crippen LogP contribution is -2.50. The summed E-state index contributed by atoms with van der Waals surface area (Å²) in [7, 11) is -3.15. The number of nitrogens with zero attached hydrogens (tertiary/aromatic N) is 2. The van der Waals surface area contributed by atoms with Gasteiger partial charge >= 0.3 is 0 Å². The molecule has 0 aromatic rings. The molecule has 0 aromatic heterocycles. The molecule has 8 heteroatoms. The average Bonchev–Trinajstić information content (AvgIpc) is 2.34. The number of piperazine rings is 1. The second-order valence-corrected chi connectivity index (χ2v) is 7.76. The topological polar surface area (TPSA) is 77.9 Å². The number of hydrogen-bond donors (Lipinski definition) is 1. The maximum absolute atomic E-state index is 11.8. The van der Waals surface area contributed by atoms with Gasteiger partial charge in [-0.25, -0.2) is 8.42 Å². The first kappa shape index (κ1) is 15.7. The molecule has 1 amide bonds. The molecule has 0 radical (unpaired) electrons. The zero-order valence-corrected chi connectivity index (χ0v) is 12.3. The molecule has 0 spiro atoms. The predicted molar refractivity (Wildman–Crippen MR) is 72.0 cm³/mol. The lowest BCUT2D eigenvalue weighted by atomic mass is 10.3. The number of hydrogen-bond acceptors (Lipinski definition) is 5. The highest BCUT2D eigenvalue weighted by Gasteiger charge is 2.25. The van der Waals surface area contributed by atoms with Crippen LogP contribution in [-0.2, 0) is 14.8 Å². The van der Waals surface area contributed by atoms with Gasteiger partial charge in [0, 0.05) is 31.4 Å². The maximum Gasteiger partial charge on any atom is 0.232 e. The second kappa shape index (κ2) is 6.74. The molecular weight excluding hydrogens is 276 g/mol. The van der Waals surface area contributed by atoms with Crippen LogP contribution in [0.4, 0.5) is 0 Å². The van der Waals surface area contributed by atoms with Gasteiger partial charge in [-0.2, -0.15) is 4.31 Å². The zero-order valence-electron chi connectivity index (χ0n) is 10.7. The number of carbonyl (C=O) groups excluding carboxylic acids is 1. The lowest BCUT2D eigenvalue weighted by molar-refractivity contribution is -0.129. The summed E-state index contributed by atoms with van der Waals surface area (Å²) < 4.78 is 24.0. The van der Waals surface area contributed by atoms with Gasteiger partial charge in [-0.15, -0.1) is 11.8 Å². The Hall–Kier alpha value is -0.310. The Morgan fingerprint density at radius 2 is 1.89 bits per heavy atom. The number of aliphatic hydroxyl groups is 1. The van der Waals surface area contributed by atoms with E-state index in [1.54, 1.807) is 4.90 Å². The summed E-state index contributed by atoms with van der Waals surface area (Å²) in [6, 6.07) is 0. The van der Waals surface area contributed by atoms with E-state index in [1.165, 1.54) is 22.3 Å². The van der Waals surface area contributed by atoms with E-state index >= 15 is 0 Å². The van der Waals surface area contributed by atoms with Crippen LogP contribution in [0.25, 0.3) is 0 Å². The molecule has 0 aromatic carbocycles. The van der Waals surface area contributed by atoms with E-state index in [-0.39, 0.29) is 17.8 Å². The second-order valence-electron chi connectivity index (χ2n) is 4.35. The van der Waals surface area contributed by atoms with Crippen molar-refractivity contribution in [3.63, 3.8) is 0 Å². The van der Waals surface area contributed by atoms with E-state index in [2.05, 4.69) is 0 Å². The molecule has 1 N–H and O–H groups in total. The highest BCUT2D eigenvalue weighted by Crippen LogP contribution is 2.12. The first-order valence-corrected chi connectivity index (χ1v) is 8.69. The highest BCUT2D eigenvalue weighted by molar-refractivity contribution is 8.00. The van der Waals surface area contributed by atoms with Crippen LogP contribution in [0.2, 0.25) is 0 Å². The Labute approximate surface area is 112 Å². The van der Waals surface area contributed by atoms with Crippen LogP contribution in [0.5, 0.6) is 0 Å². The largest absolute Gasteiger partial charge is 0.395 e. The highest BCUT2D eigenvalue weighted by atomic mass is 32.2. The fourth-order valence-electron chi connectivity index (χ4n) is 1.63. The van der Waals surface area contributed by atoms with Gasteiger partial charge in [0.25, 0.3) is 0 Å². The third kappa shape index (κ3) is 4.75. The van der Waals surface area contributed by atoms with Crippen LogP contribution in [0.1, 0.15) is 6.92 Å². The van der Waals surface area contributed by atoms with Crippen molar-refractivity contribution in [1.82, 2.24) is 9.21 Å².